The number of para-hydroxylation sites is 1. The van der Waals surface area contributed by atoms with Crippen molar-refractivity contribution >= 4 is 11.9 Å². The molecule has 0 bridgehead atoms. The molecule has 0 aliphatic carbocycles. The van der Waals surface area contributed by atoms with Crippen LogP contribution in [0, 0.1) is 5.92 Å². The normalized spacial score (nSPS) is 19.3. The number of aromatic nitrogens is 1. The van der Waals surface area contributed by atoms with Gasteiger partial charge in [-0.25, -0.2) is 0 Å². The Bertz CT molecular complexity index is 778. The Labute approximate surface area is 152 Å². The third-order valence-electron chi connectivity index (χ3n) is 4.91. The highest BCUT2D eigenvalue weighted by atomic mass is 16.5. The van der Waals surface area contributed by atoms with Crippen LogP contribution in [-0.2, 0) is 16.0 Å². The molecule has 1 aliphatic rings. The highest BCUT2D eigenvalue weighted by Gasteiger charge is 2.41. The lowest BCUT2D eigenvalue weighted by molar-refractivity contribution is -0.141. The number of carboxylic acid groups (broad SMARTS) is 1. The van der Waals surface area contributed by atoms with Gasteiger partial charge >= 0.3 is 5.97 Å². The Balaban J connectivity index is 1.72. The molecule has 1 saturated heterocycles. The summed E-state index contributed by atoms with van der Waals surface area (Å²) in [6.07, 6.45) is 4.38. The average Bonchev–Trinajstić information content (AvgIpc) is 3.12. The maximum Gasteiger partial charge on any atom is 0.308 e. The molecule has 26 heavy (non-hydrogen) atoms. The number of carboxylic acids is 1. The zero-order valence-corrected chi connectivity index (χ0v) is 14.7. The number of benzene rings is 1. The number of hydrogen-bond donors (Lipinski definition) is 1. The van der Waals surface area contributed by atoms with Crippen LogP contribution in [0.25, 0.3) is 0 Å². The first-order valence-electron chi connectivity index (χ1n) is 8.62. The van der Waals surface area contributed by atoms with Crippen LogP contribution in [0.4, 0.5) is 0 Å². The summed E-state index contributed by atoms with van der Waals surface area (Å²) in [5, 5.41) is 9.63. The van der Waals surface area contributed by atoms with Gasteiger partial charge in [0.2, 0.25) is 5.91 Å². The Kier molecular flexibility index (Phi) is 5.51. The maximum absolute atomic E-state index is 12.6. The van der Waals surface area contributed by atoms with E-state index in [1.807, 2.05) is 36.4 Å². The van der Waals surface area contributed by atoms with Crippen molar-refractivity contribution in [2.45, 2.75) is 18.8 Å². The van der Waals surface area contributed by atoms with Crippen LogP contribution in [0.3, 0.4) is 0 Å². The van der Waals surface area contributed by atoms with Crippen molar-refractivity contribution < 1.29 is 19.4 Å². The zero-order chi connectivity index (χ0) is 18.5. The first kappa shape index (κ1) is 17.9. The summed E-state index contributed by atoms with van der Waals surface area (Å²) in [6, 6.07) is 11.2. The van der Waals surface area contributed by atoms with E-state index in [2.05, 4.69) is 4.98 Å². The second-order valence-corrected chi connectivity index (χ2v) is 6.45. The van der Waals surface area contributed by atoms with E-state index >= 15 is 0 Å². The summed E-state index contributed by atoms with van der Waals surface area (Å²) >= 11 is 0. The molecule has 2 unspecified atom stereocenters. The number of ether oxygens (including phenoxy) is 1. The van der Waals surface area contributed by atoms with Crippen molar-refractivity contribution in [1.29, 1.82) is 0 Å². The van der Waals surface area contributed by atoms with Gasteiger partial charge in [0.25, 0.3) is 0 Å². The molecule has 6 nitrogen and oxygen atoms in total. The molecule has 2 aromatic rings. The number of hydrogen-bond acceptors (Lipinski definition) is 4. The number of amides is 1. The van der Waals surface area contributed by atoms with E-state index in [1.165, 1.54) is 0 Å². The first-order chi connectivity index (χ1) is 12.6. The van der Waals surface area contributed by atoms with Crippen molar-refractivity contribution in [1.82, 2.24) is 9.88 Å². The minimum absolute atomic E-state index is 0.0227. The summed E-state index contributed by atoms with van der Waals surface area (Å²) in [5.74, 6) is -1.14. The van der Waals surface area contributed by atoms with Gasteiger partial charge in [-0.05, 0) is 35.7 Å². The van der Waals surface area contributed by atoms with Crippen LogP contribution in [0.1, 0.15) is 23.5 Å². The minimum atomic E-state index is -0.884. The number of nitrogens with zero attached hydrogens (tertiary/aromatic N) is 2. The van der Waals surface area contributed by atoms with E-state index in [4.69, 9.17) is 4.74 Å². The number of likely N-dealkylation sites (tertiary alicyclic amines) is 1. The van der Waals surface area contributed by atoms with Gasteiger partial charge in [0.05, 0.1) is 13.0 Å². The monoisotopic (exact) mass is 354 g/mol. The molecule has 0 radical (unpaired) electrons. The van der Waals surface area contributed by atoms with Crippen molar-refractivity contribution in [2.75, 3.05) is 20.2 Å². The van der Waals surface area contributed by atoms with Crippen molar-refractivity contribution in [3.63, 3.8) is 0 Å². The quantitative estimate of drug-likeness (QED) is 0.861. The number of carbonyl (C=O) groups excluding carboxylic acids is 1. The van der Waals surface area contributed by atoms with Gasteiger partial charge in [-0.1, -0.05) is 18.2 Å². The molecular weight excluding hydrogens is 332 g/mol. The van der Waals surface area contributed by atoms with Crippen LogP contribution in [0.2, 0.25) is 0 Å². The fraction of sp³-hybridized carbons (Fsp3) is 0.350. The number of rotatable bonds is 6. The molecule has 1 aliphatic heterocycles. The standard InChI is InChI=1S/C20H22N2O4/c1-26-18-5-3-2-4-15(18)16-12-22(13-17(16)20(24)25)19(23)7-6-14-8-10-21-11-9-14/h2-5,8-11,16-17H,6-7,12-13H2,1H3,(H,24,25). The van der Waals surface area contributed by atoms with Gasteiger partial charge in [0, 0.05) is 37.8 Å². The van der Waals surface area contributed by atoms with Crippen LogP contribution < -0.4 is 4.74 Å². The average molecular weight is 354 g/mol. The van der Waals surface area contributed by atoms with E-state index in [9.17, 15) is 14.7 Å². The van der Waals surface area contributed by atoms with Gasteiger partial charge in [-0.15, -0.1) is 0 Å². The summed E-state index contributed by atoms with van der Waals surface area (Å²) in [7, 11) is 1.57. The summed E-state index contributed by atoms with van der Waals surface area (Å²) in [4.78, 5) is 30.0. The number of carbonyl (C=O) groups is 2. The molecule has 1 amide bonds. The third-order valence-corrected chi connectivity index (χ3v) is 4.91. The second-order valence-electron chi connectivity index (χ2n) is 6.45. The molecule has 136 valence electrons. The predicted octanol–water partition coefficient (Wildman–Crippen LogP) is 2.35. The molecule has 0 spiro atoms. The lowest BCUT2D eigenvalue weighted by Crippen LogP contribution is -2.30. The fourth-order valence-electron chi connectivity index (χ4n) is 3.50. The Morgan fingerprint density at radius 2 is 1.92 bits per heavy atom. The molecule has 1 N–H and O–H groups in total. The summed E-state index contributed by atoms with van der Waals surface area (Å²) < 4.78 is 5.38. The maximum atomic E-state index is 12.6. The lowest BCUT2D eigenvalue weighted by atomic mass is 9.88. The van der Waals surface area contributed by atoms with Crippen LogP contribution in [-0.4, -0.2) is 47.1 Å². The Hall–Kier alpha value is -2.89. The van der Waals surface area contributed by atoms with E-state index < -0.39 is 11.9 Å². The van der Waals surface area contributed by atoms with Crippen molar-refractivity contribution in [2.24, 2.45) is 5.92 Å². The molecule has 0 saturated carbocycles. The van der Waals surface area contributed by atoms with Gasteiger partial charge in [-0.3, -0.25) is 14.6 Å². The van der Waals surface area contributed by atoms with Gasteiger partial charge in [0.1, 0.15) is 5.75 Å². The minimum Gasteiger partial charge on any atom is -0.496 e. The zero-order valence-electron chi connectivity index (χ0n) is 14.7. The number of aryl methyl sites for hydroxylation is 1. The van der Waals surface area contributed by atoms with Crippen molar-refractivity contribution in [3.8, 4) is 5.75 Å². The summed E-state index contributed by atoms with van der Waals surface area (Å²) in [6.45, 7) is 0.625. The fourth-order valence-corrected chi connectivity index (χ4v) is 3.50. The molecular formula is C20H22N2O4. The number of methoxy groups -OCH3 is 1. The van der Waals surface area contributed by atoms with E-state index in [-0.39, 0.29) is 18.4 Å². The van der Waals surface area contributed by atoms with Gasteiger partial charge in [-0.2, -0.15) is 0 Å². The van der Waals surface area contributed by atoms with Crippen LogP contribution in [0.15, 0.2) is 48.8 Å². The predicted molar refractivity (Wildman–Crippen MR) is 96.0 cm³/mol. The van der Waals surface area contributed by atoms with Gasteiger partial charge in [0.15, 0.2) is 0 Å². The molecule has 1 aromatic carbocycles. The Morgan fingerprint density at radius 1 is 1.19 bits per heavy atom. The molecule has 3 rings (SSSR count). The van der Waals surface area contributed by atoms with E-state index in [1.54, 1.807) is 24.4 Å². The smallest absolute Gasteiger partial charge is 0.308 e. The highest BCUT2D eigenvalue weighted by Crippen LogP contribution is 2.37. The van der Waals surface area contributed by atoms with Crippen molar-refractivity contribution in [3.05, 3.63) is 59.9 Å². The largest absolute Gasteiger partial charge is 0.496 e. The number of aliphatic carboxylic acids is 1. The molecule has 2 heterocycles. The topological polar surface area (TPSA) is 79.7 Å². The third kappa shape index (κ3) is 3.85. The number of pyridine rings is 1. The molecule has 1 fully saturated rings. The SMILES string of the molecule is COc1ccccc1C1CN(C(=O)CCc2ccncc2)CC1C(=O)O. The van der Waals surface area contributed by atoms with E-state index in [0.717, 1.165) is 11.1 Å². The van der Waals surface area contributed by atoms with Crippen LogP contribution in [0.5, 0.6) is 5.75 Å². The molecule has 6 heteroatoms. The summed E-state index contributed by atoms with van der Waals surface area (Å²) in [5.41, 5.74) is 1.88. The highest BCUT2D eigenvalue weighted by molar-refractivity contribution is 5.80. The molecule has 1 aromatic heterocycles. The van der Waals surface area contributed by atoms with Crippen LogP contribution >= 0.6 is 0 Å². The first-order valence-corrected chi connectivity index (χ1v) is 8.62. The van der Waals surface area contributed by atoms with E-state index in [0.29, 0.717) is 25.1 Å². The molecule has 2 atom stereocenters. The second kappa shape index (κ2) is 7.99. The Morgan fingerprint density at radius 3 is 2.62 bits per heavy atom. The van der Waals surface area contributed by atoms with Gasteiger partial charge < -0.3 is 14.7 Å². The lowest BCUT2D eigenvalue weighted by Gasteiger charge is -2.18.